The number of rotatable bonds is 6. The van der Waals surface area contributed by atoms with E-state index in [-0.39, 0.29) is 29.0 Å². The molecule has 0 bridgehead atoms. The second-order valence-electron chi connectivity index (χ2n) is 7.44. The van der Waals surface area contributed by atoms with Crippen molar-refractivity contribution in [3.05, 3.63) is 62.3 Å². The van der Waals surface area contributed by atoms with Crippen LogP contribution in [0, 0.1) is 5.82 Å². The summed E-state index contributed by atoms with van der Waals surface area (Å²) in [5.41, 5.74) is 9.80. The number of ether oxygens (including phenoxy) is 1. The quantitative estimate of drug-likeness (QED) is 0.398. The number of aldehydes is 1. The van der Waals surface area contributed by atoms with Crippen LogP contribution in [0.25, 0.3) is 5.57 Å². The predicted octanol–water partition coefficient (Wildman–Crippen LogP) is 2.13. The van der Waals surface area contributed by atoms with Gasteiger partial charge in [0.25, 0.3) is 5.56 Å². The van der Waals surface area contributed by atoms with Gasteiger partial charge in [0, 0.05) is 48.3 Å². The van der Waals surface area contributed by atoms with E-state index in [4.69, 9.17) is 10.5 Å². The number of anilines is 2. The van der Waals surface area contributed by atoms with Gasteiger partial charge in [-0.15, -0.1) is 0 Å². The SMILES string of the molecule is CC.CNCC1=C2Cn3c(cc(C(O)C=O)c(COC)c3=O)C2Nc2cc(F)c(N)cc21. The van der Waals surface area contributed by atoms with Crippen molar-refractivity contribution in [2.75, 3.05) is 31.8 Å². The van der Waals surface area contributed by atoms with Crippen LogP contribution in [0.4, 0.5) is 15.8 Å². The lowest BCUT2D eigenvalue weighted by Crippen LogP contribution is -2.27. The van der Waals surface area contributed by atoms with Gasteiger partial charge in [-0.3, -0.25) is 4.79 Å². The van der Waals surface area contributed by atoms with Gasteiger partial charge in [-0.05, 0) is 36.4 Å². The molecule has 3 heterocycles. The number of hydrogen-bond donors (Lipinski definition) is 4. The zero-order chi connectivity index (χ0) is 23.6. The number of nitrogens with two attached hydrogens (primary N) is 1. The number of fused-ring (bicyclic) bond motifs is 4. The molecule has 2 aromatic rings. The number of nitrogen functional groups attached to an aromatic ring is 1. The second kappa shape index (κ2) is 9.64. The molecule has 0 amide bonds. The molecule has 8 nitrogen and oxygen atoms in total. The fourth-order valence-corrected chi connectivity index (χ4v) is 4.30. The van der Waals surface area contributed by atoms with Crippen molar-refractivity contribution >= 4 is 23.2 Å². The third kappa shape index (κ3) is 3.83. The molecule has 0 fully saturated rings. The molecular formula is C23H29FN4O4. The molecule has 2 aliphatic rings. The first-order valence-corrected chi connectivity index (χ1v) is 10.5. The highest BCUT2D eigenvalue weighted by Crippen LogP contribution is 2.45. The molecule has 4 rings (SSSR count). The standard InChI is InChI=1S/C21H23FN4O4.C2H6/c1-24-6-12-10-3-16(23)15(22)5-17(10)25-20-13(12)7-26-18(20)4-11(19(28)8-27)14(9-30-2)21(26)29;1-2/h3-5,8,19-20,24-25,28H,6-7,9,23H2,1-2H3;1-2H3. The van der Waals surface area contributed by atoms with Crippen LogP contribution in [-0.4, -0.2) is 36.7 Å². The third-order valence-corrected chi connectivity index (χ3v) is 5.68. The summed E-state index contributed by atoms with van der Waals surface area (Å²) in [6.07, 6.45) is -1.06. The number of nitrogens with zero attached hydrogens (tertiary/aromatic N) is 1. The van der Waals surface area contributed by atoms with Crippen molar-refractivity contribution in [2.45, 2.75) is 39.1 Å². The van der Waals surface area contributed by atoms with Crippen LogP contribution < -0.4 is 21.9 Å². The molecular weight excluding hydrogens is 415 g/mol. The summed E-state index contributed by atoms with van der Waals surface area (Å²) in [6, 6.07) is 4.19. The van der Waals surface area contributed by atoms with E-state index < -0.39 is 18.0 Å². The Labute approximate surface area is 185 Å². The normalized spacial score (nSPS) is 16.9. The van der Waals surface area contributed by atoms with Gasteiger partial charge in [0.05, 0.1) is 18.3 Å². The Balaban J connectivity index is 0.00000141. The number of aliphatic hydroxyl groups excluding tert-OH is 1. The van der Waals surface area contributed by atoms with E-state index in [1.807, 2.05) is 13.8 Å². The number of nitrogens with one attached hydrogen (secondary N) is 2. The molecule has 1 aromatic heterocycles. The lowest BCUT2D eigenvalue weighted by molar-refractivity contribution is -0.115. The van der Waals surface area contributed by atoms with Crippen molar-refractivity contribution in [3.63, 3.8) is 0 Å². The maximum atomic E-state index is 14.1. The number of halogens is 1. The molecule has 2 unspecified atom stereocenters. The van der Waals surface area contributed by atoms with Crippen molar-refractivity contribution in [3.8, 4) is 0 Å². The number of carbonyl (C=O) groups excluding carboxylic acids is 1. The van der Waals surface area contributed by atoms with Crippen molar-refractivity contribution in [2.24, 2.45) is 0 Å². The van der Waals surface area contributed by atoms with Gasteiger partial charge >= 0.3 is 0 Å². The fourth-order valence-electron chi connectivity index (χ4n) is 4.30. The van der Waals surface area contributed by atoms with Crippen molar-refractivity contribution in [1.82, 2.24) is 9.88 Å². The second-order valence-corrected chi connectivity index (χ2v) is 7.44. The Morgan fingerprint density at radius 3 is 2.75 bits per heavy atom. The number of methoxy groups -OCH3 is 1. The monoisotopic (exact) mass is 444 g/mol. The van der Waals surface area contributed by atoms with Gasteiger partial charge in [0.2, 0.25) is 0 Å². The van der Waals surface area contributed by atoms with Crippen LogP contribution in [0.15, 0.2) is 28.6 Å². The average molecular weight is 445 g/mol. The Hall–Kier alpha value is -3.01. The van der Waals surface area contributed by atoms with Crippen LogP contribution in [-0.2, 0) is 22.7 Å². The summed E-state index contributed by atoms with van der Waals surface area (Å²) in [5, 5.41) is 16.6. The highest BCUT2D eigenvalue weighted by Gasteiger charge is 2.37. The summed E-state index contributed by atoms with van der Waals surface area (Å²) in [6.45, 7) is 4.80. The maximum absolute atomic E-state index is 14.1. The van der Waals surface area contributed by atoms with E-state index in [2.05, 4.69) is 10.6 Å². The number of benzene rings is 1. The Bertz CT molecular complexity index is 1130. The van der Waals surface area contributed by atoms with Crippen molar-refractivity contribution in [1.29, 1.82) is 0 Å². The van der Waals surface area contributed by atoms with Crippen LogP contribution in [0.2, 0.25) is 0 Å². The molecule has 0 saturated heterocycles. The molecule has 0 radical (unpaired) electrons. The van der Waals surface area contributed by atoms with E-state index in [1.165, 1.54) is 13.2 Å². The fraction of sp³-hybridized carbons (Fsp3) is 0.391. The van der Waals surface area contributed by atoms with Gasteiger partial charge < -0.3 is 35.6 Å². The minimum absolute atomic E-state index is 0.0260. The number of aliphatic hydroxyl groups is 1. The summed E-state index contributed by atoms with van der Waals surface area (Å²) in [7, 11) is 3.25. The Morgan fingerprint density at radius 2 is 2.12 bits per heavy atom. The lowest BCUT2D eigenvalue weighted by atomic mass is 9.89. The first kappa shape index (κ1) is 23.6. The summed E-state index contributed by atoms with van der Waals surface area (Å²) in [4.78, 5) is 24.4. The van der Waals surface area contributed by atoms with Crippen LogP contribution in [0.1, 0.15) is 48.4 Å². The molecule has 5 N–H and O–H groups in total. The van der Waals surface area contributed by atoms with Gasteiger partial charge in [0.15, 0.2) is 6.29 Å². The third-order valence-electron chi connectivity index (χ3n) is 5.68. The van der Waals surface area contributed by atoms with Crippen molar-refractivity contribution < 1.29 is 19.0 Å². The van der Waals surface area contributed by atoms with Crippen LogP contribution >= 0.6 is 0 Å². The topological polar surface area (TPSA) is 119 Å². The molecule has 0 aliphatic carbocycles. The number of hydrogen-bond acceptors (Lipinski definition) is 7. The summed E-state index contributed by atoms with van der Waals surface area (Å²) >= 11 is 0. The van der Waals surface area contributed by atoms with E-state index in [1.54, 1.807) is 23.7 Å². The van der Waals surface area contributed by atoms with E-state index in [0.29, 0.717) is 30.8 Å². The van der Waals surface area contributed by atoms with E-state index >= 15 is 0 Å². The first-order valence-electron chi connectivity index (χ1n) is 10.5. The zero-order valence-electron chi connectivity index (χ0n) is 18.7. The highest BCUT2D eigenvalue weighted by atomic mass is 19.1. The minimum atomic E-state index is -1.44. The zero-order valence-corrected chi connectivity index (χ0v) is 18.7. The number of pyridine rings is 1. The first-order chi connectivity index (χ1) is 15.4. The number of likely N-dealkylation sites (N-methyl/N-ethyl adjacent to an activating group) is 1. The Kier molecular flexibility index (Phi) is 7.12. The molecule has 0 spiro atoms. The van der Waals surface area contributed by atoms with Crippen LogP contribution in [0.5, 0.6) is 0 Å². The molecule has 0 saturated carbocycles. The van der Waals surface area contributed by atoms with Gasteiger partial charge in [-0.1, -0.05) is 13.8 Å². The van der Waals surface area contributed by atoms with Gasteiger partial charge in [-0.25, -0.2) is 4.39 Å². The summed E-state index contributed by atoms with van der Waals surface area (Å²) in [5.74, 6) is -0.531. The number of aromatic nitrogens is 1. The van der Waals surface area contributed by atoms with E-state index in [9.17, 15) is 19.1 Å². The molecule has 2 atom stereocenters. The molecule has 1 aromatic carbocycles. The molecule has 32 heavy (non-hydrogen) atoms. The maximum Gasteiger partial charge on any atom is 0.257 e. The summed E-state index contributed by atoms with van der Waals surface area (Å²) < 4.78 is 20.9. The Morgan fingerprint density at radius 1 is 1.41 bits per heavy atom. The number of carbonyl (C=O) groups is 1. The highest BCUT2D eigenvalue weighted by molar-refractivity contribution is 5.86. The van der Waals surface area contributed by atoms with E-state index in [0.717, 1.165) is 16.7 Å². The van der Waals surface area contributed by atoms with Gasteiger partial charge in [-0.2, -0.15) is 0 Å². The largest absolute Gasteiger partial charge is 0.396 e. The minimum Gasteiger partial charge on any atom is -0.396 e. The lowest BCUT2D eigenvalue weighted by Gasteiger charge is -2.29. The predicted molar refractivity (Wildman–Crippen MR) is 122 cm³/mol. The molecule has 2 aliphatic heterocycles. The molecule has 9 heteroatoms. The van der Waals surface area contributed by atoms with Gasteiger partial charge in [0.1, 0.15) is 11.9 Å². The average Bonchev–Trinajstić information content (AvgIpc) is 3.16. The smallest absolute Gasteiger partial charge is 0.257 e. The molecule has 172 valence electrons. The van der Waals surface area contributed by atoms with Crippen LogP contribution in [0.3, 0.4) is 0 Å².